The van der Waals surface area contributed by atoms with Crippen LogP contribution in [0.5, 0.6) is 0 Å². The molecule has 3 aromatic carbocycles. The minimum atomic E-state index is 0.0665. The molecular weight excluding hydrogens is 330 g/mol. The minimum absolute atomic E-state index is 0.0665. The third-order valence-electron chi connectivity index (χ3n) is 4.40. The van der Waals surface area contributed by atoms with Crippen LogP contribution in [0, 0.1) is 0 Å². The second-order valence-corrected chi connectivity index (χ2v) is 6.50. The molecule has 0 aliphatic carbocycles. The average Bonchev–Trinajstić information content (AvgIpc) is 3.01. The van der Waals surface area contributed by atoms with E-state index in [4.69, 9.17) is 11.6 Å². The van der Waals surface area contributed by atoms with Gasteiger partial charge in [0.05, 0.1) is 5.69 Å². The first kappa shape index (κ1) is 15.7. The second kappa shape index (κ2) is 6.23. The van der Waals surface area contributed by atoms with Crippen molar-refractivity contribution in [1.29, 1.82) is 0 Å². The number of fused-ring (bicyclic) bond motifs is 1. The lowest BCUT2D eigenvalue weighted by molar-refractivity contribution is 0.101. The molecule has 0 aliphatic heterocycles. The van der Waals surface area contributed by atoms with Gasteiger partial charge in [-0.2, -0.15) is 0 Å². The number of Topliss-reactive ketones (excluding diaryl/α,β-unsaturated/α-hetero) is 1. The monoisotopic (exact) mass is 345 g/mol. The fourth-order valence-electron chi connectivity index (χ4n) is 3.16. The third kappa shape index (κ3) is 2.86. The molecule has 0 amide bonds. The van der Waals surface area contributed by atoms with Gasteiger partial charge in [0.15, 0.2) is 5.78 Å². The Hall–Kier alpha value is -2.84. The minimum Gasteiger partial charge on any atom is -0.354 e. The number of halogens is 1. The number of aromatic nitrogens is 1. The van der Waals surface area contributed by atoms with Gasteiger partial charge in [-0.25, -0.2) is 0 Å². The number of nitrogens with one attached hydrogen (secondary N) is 1. The van der Waals surface area contributed by atoms with Crippen molar-refractivity contribution in [2.45, 2.75) is 6.92 Å². The van der Waals surface area contributed by atoms with E-state index >= 15 is 0 Å². The standard InChI is InChI=1S/C22H16ClNO/c1-14(25)15-7-9-16(10-8-15)21-19-13-18(23)11-12-20(19)24-22(21)17-5-3-2-4-6-17/h2-13,24H,1H3. The summed E-state index contributed by atoms with van der Waals surface area (Å²) in [7, 11) is 0. The van der Waals surface area contributed by atoms with Crippen LogP contribution in [-0.2, 0) is 0 Å². The maximum absolute atomic E-state index is 11.6. The van der Waals surface area contributed by atoms with Crippen molar-refractivity contribution in [3.63, 3.8) is 0 Å². The van der Waals surface area contributed by atoms with Gasteiger partial charge in [0, 0.05) is 27.1 Å². The summed E-state index contributed by atoms with van der Waals surface area (Å²) in [5.41, 5.74) is 6.06. The first-order valence-electron chi connectivity index (χ1n) is 8.11. The lowest BCUT2D eigenvalue weighted by Crippen LogP contribution is -1.91. The zero-order valence-electron chi connectivity index (χ0n) is 13.7. The quantitative estimate of drug-likeness (QED) is 0.431. The normalized spacial score (nSPS) is 11.0. The van der Waals surface area contributed by atoms with Crippen molar-refractivity contribution in [3.8, 4) is 22.4 Å². The van der Waals surface area contributed by atoms with E-state index in [9.17, 15) is 4.79 Å². The molecule has 0 unspecified atom stereocenters. The fraction of sp³-hybridized carbons (Fsp3) is 0.0455. The molecule has 25 heavy (non-hydrogen) atoms. The highest BCUT2D eigenvalue weighted by molar-refractivity contribution is 6.31. The number of carbonyl (C=O) groups excluding carboxylic acids is 1. The van der Waals surface area contributed by atoms with E-state index < -0.39 is 0 Å². The summed E-state index contributed by atoms with van der Waals surface area (Å²) >= 11 is 6.24. The Labute approximate surface area is 151 Å². The van der Waals surface area contributed by atoms with Gasteiger partial charge in [-0.1, -0.05) is 66.2 Å². The number of H-pyrrole nitrogens is 1. The van der Waals surface area contributed by atoms with Crippen LogP contribution in [0.3, 0.4) is 0 Å². The fourth-order valence-corrected chi connectivity index (χ4v) is 3.33. The highest BCUT2D eigenvalue weighted by Crippen LogP contribution is 2.39. The van der Waals surface area contributed by atoms with Crippen molar-refractivity contribution < 1.29 is 4.79 Å². The van der Waals surface area contributed by atoms with Gasteiger partial charge in [-0.3, -0.25) is 4.79 Å². The largest absolute Gasteiger partial charge is 0.354 e. The third-order valence-corrected chi connectivity index (χ3v) is 4.64. The van der Waals surface area contributed by atoms with Crippen LogP contribution < -0.4 is 0 Å². The summed E-state index contributed by atoms with van der Waals surface area (Å²) in [4.78, 5) is 15.1. The zero-order valence-corrected chi connectivity index (χ0v) is 14.5. The summed E-state index contributed by atoms with van der Waals surface area (Å²) < 4.78 is 0. The lowest BCUT2D eigenvalue weighted by Gasteiger charge is -2.07. The number of ketones is 1. The predicted octanol–water partition coefficient (Wildman–Crippen LogP) is 6.36. The summed E-state index contributed by atoms with van der Waals surface area (Å²) in [6.07, 6.45) is 0. The molecule has 0 fully saturated rings. The molecule has 0 atom stereocenters. The molecule has 4 rings (SSSR count). The van der Waals surface area contributed by atoms with E-state index in [2.05, 4.69) is 17.1 Å². The van der Waals surface area contributed by atoms with Gasteiger partial charge in [-0.05, 0) is 36.2 Å². The van der Waals surface area contributed by atoms with Crippen LogP contribution >= 0.6 is 11.6 Å². The molecule has 122 valence electrons. The molecule has 1 aromatic heterocycles. The highest BCUT2D eigenvalue weighted by Gasteiger charge is 2.15. The SMILES string of the molecule is CC(=O)c1ccc(-c2c(-c3ccccc3)[nH]c3ccc(Cl)cc23)cc1. The van der Waals surface area contributed by atoms with Crippen LogP contribution in [0.15, 0.2) is 72.8 Å². The number of benzene rings is 3. The van der Waals surface area contributed by atoms with E-state index in [-0.39, 0.29) is 5.78 Å². The van der Waals surface area contributed by atoms with E-state index in [0.717, 1.165) is 33.3 Å². The molecule has 0 radical (unpaired) electrons. The number of aromatic amines is 1. The Bertz CT molecular complexity index is 1060. The Morgan fingerprint density at radius 2 is 1.60 bits per heavy atom. The summed E-state index contributed by atoms with van der Waals surface area (Å²) in [5.74, 6) is 0.0665. The lowest BCUT2D eigenvalue weighted by atomic mass is 9.97. The van der Waals surface area contributed by atoms with E-state index in [1.165, 1.54) is 0 Å². The van der Waals surface area contributed by atoms with E-state index in [1.54, 1.807) is 6.92 Å². The molecule has 0 saturated heterocycles. The van der Waals surface area contributed by atoms with Gasteiger partial charge in [0.2, 0.25) is 0 Å². The summed E-state index contributed by atoms with van der Waals surface area (Å²) in [6.45, 7) is 1.58. The Kier molecular flexibility index (Phi) is 3.90. The summed E-state index contributed by atoms with van der Waals surface area (Å²) in [6, 6.07) is 23.8. The maximum atomic E-state index is 11.6. The number of hydrogen-bond acceptors (Lipinski definition) is 1. The van der Waals surface area contributed by atoms with Crippen molar-refractivity contribution in [3.05, 3.63) is 83.4 Å². The predicted molar refractivity (Wildman–Crippen MR) is 104 cm³/mol. The molecule has 0 saturated carbocycles. The van der Waals surface area contributed by atoms with E-state index in [1.807, 2.05) is 60.7 Å². The van der Waals surface area contributed by atoms with Crippen LogP contribution in [0.1, 0.15) is 17.3 Å². The van der Waals surface area contributed by atoms with Crippen LogP contribution in [0.4, 0.5) is 0 Å². The molecule has 2 nitrogen and oxygen atoms in total. The highest BCUT2D eigenvalue weighted by atomic mass is 35.5. The molecule has 0 bridgehead atoms. The number of hydrogen-bond donors (Lipinski definition) is 1. The van der Waals surface area contributed by atoms with Crippen molar-refractivity contribution >= 4 is 28.3 Å². The smallest absolute Gasteiger partial charge is 0.159 e. The van der Waals surface area contributed by atoms with Gasteiger partial charge >= 0.3 is 0 Å². The molecule has 1 heterocycles. The molecule has 0 spiro atoms. The van der Waals surface area contributed by atoms with E-state index in [0.29, 0.717) is 10.6 Å². The molecule has 1 N–H and O–H groups in total. The van der Waals surface area contributed by atoms with Crippen LogP contribution in [0.2, 0.25) is 5.02 Å². The Morgan fingerprint density at radius 1 is 0.880 bits per heavy atom. The first-order chi connectivity index (χ1) is 12.1. The Balaban J connectivity index is 2.00. The van der Waals surface area contributed by atoms with Crippen molar-refractivity contribution in [1.82, 2.24) is 4.98 Å². The summed E-state index contributed by atoms with van der Waals surface area (Å²) in [5, 5.41) is 1.77. The molecule has 0 aliphatic rings. The van der Waals surface area contributed by atoms with Crippen molar-refractivity contribution in [2.75, 3.05) is 0 Å². The molecular formula is C22H16ClNO. The average molecular weight is 346 g/mol. The zero-order chi connectivity index (χ0) is 17.4. The molecule has 3 heteroatoms. The van der Waals surface area contributed by atoms with Crippen molar-refractivity contribution in [2.24, 2.45) is 0 Å². The second-order valence-electron chi connectivity index (χ2n) is 6.06. The van der Waals surface area contributed by atoms with Crippen LogP contribution in [0.25, 0.3) is 33.3 Å². The Morgan fingerprint density at radius 3 is 2.28 bits per heavy atom. The van der Waals surface area contributed by atoms with Gasteiger partial charge in [-0.15, -0.1) is 0 Å². The molecule has 4 aromatic rings. The van der Waals surface area contributed by atoms with Crippen LogP contribution in [-0.4, -0.2) is 10.8 Å². The number of carbonyl (C=O) groups is 1. The number of rotatable bonds is 3. The van der Waals surface area contributed by atoms with Gasteiger partial charge < -0.3 is 4.98 Å². The van der Waals surface area contributed by atoms with Gasteiger partial charge in [0.25, 0.3) is 0 Å². The maximum Gasteiger partial charge on any atom is 0.159 e. The first-order valence-corrected chi connectivity index (χ1v) is 8.49. The van der Waals surface area contributed by atoms with Gasteiger partial charge in [0.1, 0.15) is 0 Å². The topological polar surface area (TPSA) is 32.9 Å².